The van der Waals surface area contributed by atoms with Gasteiger partial charge in [0.15, 0.2) is 0 Å². The third kappa shape index (κ3) is 1.86. The van der Waals surface area contributed by atoms with Crippen LogP contribution in [0.15, 0.2) is 72.8 Å². The Morgan fingerprint density at radius 1 is 0.450 bits per heavy atom. The topological polar surface area (TPSA) is 0 Å². The van der Waals surface area contributed by atoms with Gasteiger partial charge in [-0.3, -0.25) is 0 Å². The molecule has 0 unspecified atom stereocenters. The van der Waals surface area contributed by atoms with Gasteiger partial charge in [0.2, 0.25) is 0 Å². The van der Waals surface area contributed by atoms with Gasteiger partial charge in [0.1, 0.15) is 0 Å². The average Bonchev–Trinajstić information content (AvgIpc) is 2.56. The van der Waals surface area contributed by atoms with Crippen LogP contribution in [-0.4, -0.2) is 0 Å². The summed E-state index contributed by atoms with van der Waals surface area (Å²) in [7, 11) is 0. The Morgan fingerprint density at radius 2 is 1.15 bits per heavy atom. The molecule has 0 atom stereocenters. The fraction of sp³-hybridized carbons (Fsp3) is 0. The van der Waals surface area contributed by atoms with Gasteiger partial charge < -0.3 is 0 Å². The van der Waals surface area contributed by atoms with Crippen molar-refractivity contribution in [2.45, 2.75) is 0 Å². The van der Waals surface area contributed by atoms with Crippen LogP contribution in [0.2, 0.25) is 0 Å². The van der Waals surface area contributed by atoms with Crippen molar-refractivity contribution in [1.82, 2.24) is 0 Å². The molecule has 0 heterocycles. The van der Waals surface area contributed by atoms with Crippen LogP contribution in [-0.2, 0) is 0 Å². The fourth-order valence-electron chi connectivity index (χ4n) is 2.76. The van der Waals surface area contributed by atoms with Crippen molar-refractivity contribution in [2.24, 2.45) is 0 Å². The molecular weight excluding hydrogens is 240 g/mol. The van der Waals surface area contributed by atoms with Crippen LogP contribution in [0, 0.1) is 0 Å². The van der Waals surface area contributed by atoms with E-state index in [0.717, 1.165) is 0 Å². The molecule has 2 aliphatic rings. The van der Waals surface area contributed by atoms with Crippen molar-refractivity contribution >= 4 is 12.2 Å². The first-order valence-electron chi connectivity index (χ1n) is 6.88. The van der Waals surface area contributed by atoms with E-state index in [2.05, 4.69) is 84.9 Å². The van der Waals surface area contributed by atoms with Gasteiger partial charge in [-0.15, -0.1) is 0 Å². The number of benzene rings is 3. The summed E-state index contributed by atoms with van der Waals surface area (Å²) < 4.78 is 0. The zero-order valence-electron chi connectivity index (χ0n) is 11.1. The van der Waals surface area contributed by atoms with Gasteiger partial charge in [-0.2, -0.15) is 0 Å². The highest BCUT2D eigenvalue weighted by atomic mass is 14.1. The van der Waals surface area contributed by atoms with Crippen molar-refractivity contribution in [3.8, 4) is 22.3 Å². The maximum absolute atomic E-state index is 2.25. The summed E-state index contributed by atoms with van der Waals surface area (Å²) >= 11 is 0. The summed E-state index contributed by atoms with van der Waals surface area (Å²) in [4.78, 5) is 0. The normalized spacial score (nSPS) is 13.4. The second kappa shape index (κ2) is 4.50. The van der Waals surface area contributed by atoms with Gasteiger partial charge in [0.05, 0.1) is 0 Å². The Bertz CT molecular complexity index is 792. The second-order valence-corrected chi connectivity index (χ2v) is 5.13. The Labute approximate surface area is 119 Å². The predicted molar refractivity (Wildman–Crippen MR) is 86.2 cm³/mol. The Hall–Kier alpha value is -2.60. The molecular formula is C20H14. The number of hydrogen-bond acceptors (Lipinski definition) is 0. The molecule has 3 aromatic rings. The predicted octanol–water partition coefficient (Wildman–Crippen LogP) is 5.50. The van der Waals surface area contributed by atoms with Crippen molar-refractivity contribution in [2.75, 3.05) is 0 Å². The summed E-state index contributed by atoms with van der Waals surface area (Å²) in [5.74, 6) is 0. The summed E-state index contributed by atoms with van der Waals surface area (Å²) in [5, 5.41) is 0. The molecule has 2 aliphatic carbocycles. The lowest BCUT2D eigenvalue weighted by Crippen LogP contribution is -1.85. The van der Waals surface area contributed by atoms with E-state index in [0.29, 0.717) is 0 Å². The van der Waals surface area contributed by atoms with Crippen LogP contribution in [0.3, 0.4) is 0 Å². The summed E-state index contributed by atoms with van der Waals surface area (Å²) in [6.45, 7) is 0. The molecule has 0 aliphatic heterocycles. The number of fused-ring (bicyclic) bond motifs is 2. The zero-order chi connectivity index (χ0) is 13.4. The van der Waals surface area contributed by atoms with Gasteiger partial charge in [0, 0.05) is 0 Å². The standard InChI is InChI=1S/C20H14/c1-2-7-20-18-5-3-4-16(14-18)9-8-15-10-12-17(13-11-15)19(20)6-1/h1-14H/b9-8-. The van der Waals surface area contributed by atoms with Crippen molar-refractivity contribution < 1.29 is 0 Å². The van der Waals surface area contributed by atoms with Gasteiger partial charge in [-0.05, 0) is 39.4 Å². The minimum absolute atomic E-state index is 1.23. The Morgan fingerprint density at radius 3 is 1.95 bits per heavy atom. The summed E-state index contributed by atoms with van der Waals surface area (Å²) in [6, 6.07) is 26.1. The number of rotatable bonds is 0. The Kier molecular flexibility index (Phi) is 2.53. The van der Waals surface area contributed by atoms with Crippen LogP contribution in [0.25, 0.3) is 34.4 Å². The third-order valence-corrected chi connectivity index (χ3v) is 3.81. The van der Waals surface area contributed by atoms with E-state index < -0.39 is 0 Å². The molecule has 94 valence electrons. The lowest BCUT2D eigenvalue weighted by Gasteiger charge is -2.10. The minimum Gasteiger partial charge on any atom is -0.0616 e. The molecule has 0 saturated heterocycles. The second-order valence-electron chi connectivity index (χ2n) is 5.13. The van der Waals surface area contributed by atoms with Gasteiger partial charge in [0.25, 0.3) is 0 Å². The third-order valence-electron chi connectivity index (χ3n) is 3.81. The summed E-state index contributed by atoms with van der Waals surface area (Å²) in [5.41, 5.74) is 7.59. The fourth-order valence-corrected chi connectivity index (χ4v) is 2.76. The van der Waals surface area contributed by atoms with E-state index in [4.69, 9.17) is 0 Å². The molecule has 20 heavy (non-hydrogen) atoms. The van der Waals surface area contributed by atoms with E-state index in [1.165, 1.54) is 33.4 Å². The van der Waals surface area contributed by atoms with E-state index in [-0.39, 0.29) is 0 Å². The molecule has 0 heteroatoms. The molecule has 0 nitrogen and oxygen atoms in total. The summed E-state index contributed by atoms with van der Waals surface area (Å²) in [6.07, 6.45) is 4.34. The molecule has 0 N–H and O–H groups in total. The molecule has 0 saturated carbocycles. The van der Waals surface area contributed by atoms with E-state index in [1.54, 1.807) is 0 Å². The molecule has 0 amide bonds. The van der Waals surface area contributed by atoms with Gasteiger partial charge in [-0.1, -0.05) is 78.9 Å². The molecule has 0 aromatic heterocycles. The van der Waals surface area contributed by atoms with E-state index >= 15 is 0 Å². The maximum Gasteiger partial charge on any atom is -0.0105 e. The smallest absolute Gasteiger partial charge is 0.0105 e. The van der Waals surface area contributed by atoms with Crippen molar-refractivity contribution in [3.63, 3.8) is 0 Å². The quantitative estimate of drug-likeness (QED) is 0.388. The molecule has 5 rings (SSSR count). The average molecular weight is 254 g/mol. The molecule has 3 aromatic carbocycles. The first kappa shape index (κ1) is 11.2. The zero-order valence-corrected chi connectivity index (χ0v) is 11.1. The molecule has 0 radical (unpaired) electrons. The Balaban J connectivity index is 2.10. The van der Waals surface area contributed by atoms with Gasteiger partial charge >= 0.3 is 0 Å². The lowest BCUT2D eigenvalue weighted by atomic mass is 9.94. The van der Waals surface area contributed by atoms with Crippen LogP contribution in [0.1, 0.15) is 11.1 Å². The lowest BCUT2D eigenvalue weighted by molar-refractivity contribution is 1.57. The van der Waals surface area contributed by atoms with E-state index in [9.17, 15) is 0 Å². The van der Waals surface area contributed by atoms with Crippen LogP contribution >= 0.6 is 0 Å². The first-order chi connectivity index (χ1) is 9.90. The molecule has 0 fully saturated rings. The highest BCUT2D eigenvalue weighted by Gasteiger charge is 2.08. The van der Waals surface area contributed by atoms with Crippen molar-refractivity contribution in [3.05, 3.63) is 83.9 Å². The number of hydrogen-bond donors (Lipinski definition) is 0. The van der Waals surface area contributed by atoms with Crippen LogP contribution in [0.4, 0.5) is 0 Å². The first-order valence-corrected chi connectivity index (χ1v) is 6.88. The van der Waals surface area contributed by atoms with E-state index in [1.807, 2.05) is 0 Å². The van der Waals surface area contributed by atoms with Crippen LogP contribution < -0.4 is 0 Å². The monoisotopic (exact) mass is 254 g/mol. The van der Waals surface area contributed by atoms with Crippen LogP contribution in [0.5, 0.6) is 0 Å². The SMILES string of the molecule is C1=C\c2cccc(c2)-c2ccccc2-c2ccc/1cc2. The largest absolute Gasteiger partial charge is 0.0616 e. The highest BCUT2D eigenvalue weighted by molar-refractivity contribution is 5.86. The highest BCUT2D eigenvalue weighted by Crippen LogP contribution is 2.33. The maximum atomic E-state index is 2.25. The minimum atomic E-state index is 1.23. The molecule has 4 bridgehead atoms. The van der Waals surface area contributed by atoms with Crippen molar-refractivity contribution in [1.29, 1.82) is 0 Å². The molecule has 0 spiro atoms. The van der Waals surface area contributed by atoms with Gasteiger partial charge in [-0.25, -0.2) is 0 Å².